The lowest BCUT2D eigenvalue weighted by atomic mass is 9.82. The van der Waals surface area contributed by atoms with Crippen LogP contribution in [0.25, 0.3) is 5.57 Å². The van der Waals surface area contributed by atoms with Crippen LogP contribution in [0.5, 0.6) is 11.5 Å². The molecule has 3 nitrogen and oxygen atoms in total. The highest BCUT2D eigenvalue weighted by Gasteiger charge is 2.40. The van der Waals surface area contributed by atoms with Crippen LogP contribution < -0.4 is 4.74 Å². The average Bonchev–Trinajstić information content (AvgIpc) is 2.96. The Kier molecular flexibility index (Phi) is 5.39. The Morgan fingerprint density at radius 3 is 2.62 bits per heavy atom. The second-order valence-electron chi connectivity index (χ2n) is 8.92. The van der Waals surface area contributed by atoms with E-state index >= 15 is 0 Å². The third-order valence-corrected chi connectivity index (χ3v) is 6.36. The summed E-state index contributed by atoms with van der Waals surface area (Å²) < 4.78 is 6.39. The fraction of sp³-hybridized carbons (Fsp3) is 0.652. The summed E-state index contributed by atoms with van der Waals surface area (Å²) in [6.45, 7) is 12.9. The lowest BCUT2D eigenvalue weighted by molar-refractivity contribution is 0.139. The van der Waals surface area contributed by atoms with Gasteiger partial charge in [-0.25, -0.2) is 0 Å². The molecule has 2 heterocycles. The largest absolute Gasteiger partial charge is 0.507 e. The van der Waals surface area contributed by atoms with Gasteiger partial charge >= 0.3 is 0 Å². The summed E-state index contributed by atoms with van der Waals surface area (Å²) in [6, 6.07) is 4.16. The summed E-state index contributed by atoms with van der Waals surface area (Å²) in [5.41, 5.74) is 4.35. The first-order valence-corrected chi connectivity index (χ1v) is 10.2. The minimum absolute atomic E-state index is 0.311. The van der Waals surface area contributed by atoms with Crippen molar-refractivity contribution in [3.05, 3.63) is 28.8 Å². The molecule has 0 radical (unpaired) electrons. The van der Waals surface area contributed by atoms with E-state index in [2.05, 4.69) is 52.6 Å². The van der Waals surface area contributed by atoms with Gasteiger partial charge in [0.25, 0.3) is 0 Å². The molecule has 0 amide bonds. The lowest BCUT2D eigenvalue weighted by Crippen LogP contribution is -2.35. The van der Waals surface area contributed by atoms with Crippen molar-refractivity contribution in [3.63, 3.8) is 0 Å². The molecule has 0 saturated heterocycles. The Hall–Kier alpha value is -1.48. The minimum atomic E-state index is -0.311. The first kappa shape index (κ1) is 19.3. The third-order valence-electron chi connectivity index (χ3n) is 6.36. The Labute approximate surface area is 159 Å². The van der Waals surface area contributed by atoms with Gasteiger partial charge in [-0.3, -0.25) is 4.90 Å². The number of hydrogen-bond donors (Lipinski definition) is 1. The molecule has 1 aromatic carbocycles. The molecule has 26 heavy (non-hydrogen) atoms. The monoisotopic (exact) mass is 357 g/mol. The van der Waals surface area contributed by atoms with Crippen molar-refractivity contribution in [1.82, 2.24) is 4.90 Å². The number of rotatable bonds is 6. The lowest BCUT2D eigenvalue weighted by Gasteiger charge is -2.35. The maximum atomic E-state index is 10.9. The SMILES string of the molecule is CCCCCC(C)C(C)c1cc(O)c2c(c1)OC(C)(C)C1=C2CN(C)C1. The summed E-state index contributed by atoms with van der Waals surface area (Å²) in [7, 11) is 2.12. The number of hydrogen-bond acceptors (Lipinski definition) is 3. The molecule has 0 saturated carbocycles. The Balaban J connectivity index is 1.91. The molecule has 2 unspecified atom stereocenters. The van der Waals surface area contributed by atoms with E-state index < -0.39 is 0 Å². The van der Waals surface area contributed by atoms with Crippen LogP contribution >= 0.6 is 0 Å². The maximum Gasteiger partial charge on any atom is 0.132 e. The van der Waals surface area contributed by atoms with Crippen molar-refractivity contribution in [3.8, 4) is 11.5 Å². The highest BCUT2D eigenvalue weighted by Crippen LogP contribution is 2.49. The molecule has 3 rings (SSSR count). The van der Waals surface area contributed by atoms with Gasteiger partial charge in [0.15, 0.2) is 0 Å². The van der Waals surface area contributed by atoms with Gasteiger partial charge in [-0.15, -0.1) is 0 Å². The number of benzene rings is 1. The van der Waals surface area contributed by atoms with E-state index in [0.717, 1.165) is 24.4 Å². The first-order chi connectivity index (χ1) is 12.2. The predicted molar refractivity (Wildman–Crippen MR) is 109 cm³/mol. The van der Waals surface area contributed by atoms with Crippen molar-refractivity contribution < 1.29 is 9.84 Å². The van der Waals surface area contributed by atoms with Crippen LogP contribution in [0.1, 0.15) is 77.3 Å². The zero-order chi connectivity index (χ0) is 19.1. The summed E-state index contributed by atoms with van der Waals surface area (Å²) in [5.74, 6) is 2.24. The van der Waals surface area contributed by atoms with E-state index in [4.69, 9.17) is 4.74 Å². The number of fused-ring (bicyclic) bond motifs is 2. The van der Waals surface area contributed by atoms with Crippen LogP contribution in [0, 0.1) is 5.92 Å². The van der Waals surface area contributed by atoms with Gasteiger partial charge in [0.1, 0.15) is 17.1 Å². The number of unbranched alkanes of at least 4 members (excludes halogenated alkanes) is 2. The van der Waals surface area contributed by atoms with Gasteiger partial charge in [0.05, 0.1) is 5.56 Å². The number of phenols is 1. The second-order valence-corrected chi connectivity index (χ2v) is 8.92. The fourth-order valence-corrected chi connectivity index (χ4v) is 4.47. The summed E-state index contributed by atoms with van der Waals surface area (Å²) >= 11 is 0. The predicted octanol–water partition coefficient (Wildman–Crippen LogP) is 5.58. The molecule has 3 heteroatoms. The van der Waals surface area contributed by atoms with Crippen LogP contribution in [0.3, 0.4) is 0 Å². The van der Waals surface area contributed by atoms with Gasteiger partial charge in [0, 0.05) is 13.1 Å². The van der Waals surface area contributed by atoms with E-state index in [0.29, 0.717) is 17.6 Å². The Bertz CT molecular complexity index is 704. The highest BCUT2D eigenvalue weighted by molar-refractivity contribution is 5.83. The van der Waals surface area contributed by atoms with Gasteiger partial charge in [-0.05, 0) is 61.6 Å². The summed E-state index contributed by atoms with van der Waals surface area (Å²) in [4.78, 5) is 2.29. The smallest absolute Gasteiger partial charge is 0.132 e. The number of nitrogens with zero attached hydrogens (tertiary/aromatic N) is 1. The molecular weight excluding hydrogens is 322 g/mol. The number of ether oxygens (including phenoxy) is 1. The van der Waals surface area contributed by atoms with Crippen molar-refractivity contribution in [2.45, 2.75) is 71.8 Å². The van der Waals surface area contributed by atoms with E-state index in [1.165, 1.54) is 42.4 Å². The normalized spacial score (nSPS) is 21.2. The van der Waals surface area contributed by atoms with E-state index in [-0.39, 0.29) is 5.60 Å². The van der Waals surface area contributed by atoms with Crippen LogP contribution in [0.4, 0.5) is 0 Å². The van der Waals surface area contributed by atoms with Crippen LogP contribution in [-0.4, -0.2) is 35.7 Å². The molecule has 0 spiro atoms. The maximum absolute atomic E-state index is 10.9. The molecule has 144 valence electrons. The van der Waals surface area contributed by atoms with E-state index in [9.17, 15) is 5.11 Å². The second kappa shape index (κ2) is 7.26. The standard InChI is InChI=1S/C23H35NO2/c1-7-8-9-10-15(2)16(3)17-11-20(25)22-18-13-24(6)14-19(18)23(4,5)26-21(22)12-17/h11-12,15-16,25H,7-10,13-14H2,1-6H3. The molecule has 0 fully saturated rings. The molecule has 2 aliphatic heterocycles. The van der Waals surface area contributed by atoms with Gasteiger partial charge in [-0.2, -0.15) is 0 Å². The minimum Gasteiger partial charge on any atom is -0.507 e. The quantitative estimate of drug-likeness (QED) is 0.674. The van der Waals surface area contributed by atoms with E-state index in [1.807, 2.05) is 6.07 Å². The molecule has 1 aromatic rings. The number of likely N-dealkylation sites (N-methyl/N-ethyl adjacent to an activating group) is 1. The zero-order valence-electron chi connectivity index (χ0n) is 17.4. The highest BCUT2D eigenvalue weighted by atomic mass is 16.5. The molecule has 2 aliphatic rings. The van der Waals surface area contributed by atoms with E-state index in [1.54, 1.807) is 0 Å². The summed E-state index contributed by atoms with van der Waals surface area (Å²) in [5, 5.41) is 10.9. The Morgan fingerprint density at radius 2 is 1.92 bits per heavy atom. The fourth-order valence-electron chi connectivity index (χ4n) is 4.47. The number of phenolic OH excluding ortho intramolecular Hbond substituents is 1. The van der Waals surface area contributed by atoms with Crippen molar-refractivity contribution in [1.29, 1.82) is 0 Å². The van der Waals surface area contributed by atoms with Crippen molar-refractivity contribution in [2.24, 2.45) is 5.92 Å². The first-order valence-electron chi connectivity index (χ1n) is 10.2. The molecule has 0 bridgehead atoms. The third kappa shape index (κ3) is 3.51. The van der Waals surface area contributed by atoms with Gasteiger partial charge < -0.3 is 9.84 Å². The molecule has 0 aromatic heterocycles. The molecule has 1 N–H and O–H groups in total. The Morgan fingerprint density at radius 1 is 1.19 bits per heavy atom. The van der Waals surface area contributed by atoms with Crippen molar-refractivity contribution in [2.75, 3.05) is 20.1 Å². The van der Waals surface area contributed by atoms with Crippen LogP contribution in [0.2, 0.25) is 0 Å². The van der Waals surface area contributed by atoms with Gasteiger partial charge in [0.2, 0.25) is 0 Å². The van der Waals surface area contributed by atoms with Gasteiger partial charge in [-0.1, -0.05) is 46.5 Å². The molecule has 2 atom stereocenters. The van der Waals surface area contributed by atoms with Crippen LogP contribution in [0.15, 0.2) is 17.7 Å². The van der Waals surface area contributed by atoms with Crippen LogP contribution in [-0.2, 0) is 0 Å². The zero-order valence-corrected chi connectivity index (χ0v) is 17.4. The number of aromatic hydroxyl groups is 1. The molecular formula is C23H35NO2. The summed E-state index contributed by atoms with van der Waals surface area (Å²) in [6.07, 6.45) is 5.08. The molecule has 0 aliphatic carbocycles. The average molecular weight is 358 g/mol. The topological polar surface area (TPSA) is 32.7 Å². The van der Waals surface area contributed by atoms with Crippen molar-refractivity contribution >= 4 is 5.57 Å².